The van der Waals surface area contributed by atoms with Crippen molar-refractivity contribution in [2.24, 2.45) is 0 Å². The Morgan fingerprint density at radius 3 is 2.76 bits per heavy atom. The molecule has 0 amide bonds. The largest absolute Gasteiger partial charge is 0.472 e. The summed E-state index contributed by atoms with van der Waals surface area (Å²) in [6.45, 7) is 0.576. The van der Waals surface area contributed by atoms with Gasteiger partial charge in [0.2, 0.25) is 11.9 Å². The van der Waals surface area contributed by atoms with Gasteiger partial charge in [-0.2, -0.15) is 15.0 Å². The number of nitrogens with zero attached hydrogens (tertiary/aromatic N) is 3. The Morgan fingerprint density at radius 2 is 2.12 bits per heavy atom. The highest BCUT2D eigenvalue weighted by Gasteiger charge is 2.05. The van der Waals surface area contributed by atoms with Crippen molar-refractivity contribution in [2.75, 3.05) is 24.8 Å². The van der Waals surface area contributed by atoms with Crippen molar-refractivity contribution < 1.29 is 9.15 Å². The van der Waals surface area contributed by atoms with E-state index in [-0.39, 0.29) is 6.01 Å². The van der Waals surface area contributed by atoms with Crippen molar-refractivity contribution in [1.82, 2.24) is 15.0 Å². The molecule has 0 bridgehead atoms. The van der Waals surface area contributed by atoms with Crippen LogP contribution in [0.15, 0.2) is 23.0 Å². The van der Waals surface area contributed by atoms with E-state index in [2.05, 4.69) is 25.6 Å². The fraction of sp³-hybridized carbons (Fsp3) is 0.300. The quantitative estimate of drug-likeness (QED) is 0.803. The summed E-state index contributed by atoms with van der Waals surface area (Å²) in [6, 6.07) is 2.13. The number of anilines is 2. The summed E-state index contributed by atoms with van der Waals surface area (Å²) in [7, 11) is 3.24. The van der Waals surface area contributed by atoms with Crippen molar-refractivity contribution in [3.63, 3.8) is 0 Å². The number of aromatic nitrogens is 3. The van der Waals surface area contributed by atoms with E-state index in [9.17, 15) is 0 Å². The second-order valence-electron chi connectivity index (χ2n) is 3.20. The molecule has 90 valence electrons. The Morgan fingerprint density at radius 1 is 1.29 bits per heavy atom. The molecule has 0 aliphatic rings. The molecule has 0 atom stereocenters. The van der Waals surface area contributed by atoms with E-state index in [0.717, 1.165) is 5.56 Å². The Balaban J connectivity index is 2.09. The first kappa shape index (κ1) is 11.2. The molecule has 0 saturated heterocycles. The molecule has 2 aromatic rings. The molecule has 2 heterocycles. The summed E-state index contributed by atoms with van der Waals surface area (Å²) in [5, 5.41) is 5.89. The maximum Gasteiger partial charge on any atom is 0.322 e. The number of nitrogens with one attached hydrogen (secondary N) is 2. The molecule has 0 saturated carbocycles. The Kier molecular flexibility index (Phi) is 3.39. The summed E-state index contributed by atoms with van der Waals surface area (Å²) >= 11 is 0. The molecule has 2 aromatic heterocycles. The van der Waals surface area contributed by atoms with Gasteiger partial charge in [0.25, 0.3) is 0 Å². The van der Waals surface area contributed by atoms with Gasteiger partial charge in [-0.05, 0) is 6.07 Å². The predicted molar refractivity (Wildman–Crippen MR) is 62.0 cm³/mol. The molecule has 0 radical (unpaired) electrons. The van der Waals surface area contributed by atoms with Gasteiger partial charge >= 0.3 is 6.01 Å². The van der Waals surface area contributed by atoms with E-state index >= 15 is 0 Å². The Bertz CT molecular complexity index is 449. The third-order valence-electron chi connectivity index (χ3n) is 2.05. The van der Waals surface area contributed by atoms with Crippen LogP contribution in [0.3, 0.4) is 0 Å². The maximum absolute atomic E-state index is 4.97. The summed E-state index contributed by atoms with van der Waals surface area (Å²) in [4.78, 5) is 12.2. The lowest BCUT2D eigenvalue weighted by Gasteiger charge is -2.06. The lowest BCUT2D eigenvalue weighted by Crippen LogP contribution is -2.08. The van der Waals surface area contributed by atoms with Crippen LogP contribution in [-0.4, -0.2) is 29.1 Å². The van der Waals surface area contributed by atoms with E-state index in [1.807, 2.05) is 6.07 Å². The van der Waals surface area contributed by atoms with Gasteiger partial charge in [-0.15, -0.1) is 0 Å². The van der Waals surface area contributed by atoms with Crippen LogP contribution in [0.25, 0.3) is 0 Å². The summed E-state index contributed by atoms with van der Waals surface area (Å²) in [6.07, 6.45) is 3.27. The van der Waals surface area contributed by atoms with E-state index in [1.54, 1.807) is 19.6 Å². The van der Waals surface area contributed by atoms with Crippen LogP contribution in [-0.2, 0) is 6.54 Å². The van der Waals surface area contributed by atoms with Gasteiger partial charge in [-0.3, -0.25) is 0 Å². The molecule has 0 fully saturated rings. The molecule has 2 rings (SSSR count). The molecule has 2 N–H and O–H groups in total. The maximum atomic E-state index is 4.97. The summed E-state index contributed by atoms with van der Waals surface area (Å²) in [5.41, 5.74) is 1.01. The van der Waals surface area contributed by atoms with E-state index in [0.29, 0.717) is 18.4 Å². The van der Waals surface area contributed by atoms with Crippen molar-refractivity contribution >= 4 is 11.9 Å². The third-order valence-corrected chi connectivity index (χ3v) is 2.05. The molecule has 0 spiro atoms. The number of furan rings is 1. The van der Waals surface area contributed by atoms with Gasteiger partial charge in [-0.1, -0.05) is 0 Å². The lowest BCUT2D eigenvalue weighted by atomic mass is 10.3. The standard InChI is InChI=1S/C10H13N5O2/c1-11-8-13-9(15-10(14-8)16-2)12-5-7-3-4-17-6-7/h3-4,6H,5H2,1-2H3,(H2,11,12,13,14,15). The molecule has 0 aliphatic heterocycles. The van der Waals surface area contributed by atoms with Crippen molar-refractivity contribution in [2.45, 2.75) is 6.54 Å². The average Bonchev–Trinajstić information content (AvgIpc) is 2.89. The first-order valence-electron chi connectivity index (χ1n) is 5.04. The Labute approximate surface area is 98.2 Å². The number of hydrogen-bond donors (Lipinski definition) is 2. The van der Waals surface area contributed by atoms with E-state index in [4.69, 9.17) is 9.15 Å². The molecular formula is C10H13N5O2. The van der Waals surface area contributed by atoms with Crippen LogP contribution in [0.2, 0.25) is 0 Å². The number of rotatable bonds is 5. The van der Waals surface area contributed by atoms with Crippen LogP contribution < -0.4 is 15.4 Å². The van der Waals surface area contributed by atoms with Gasteiger partial charge < -0.3 is 19.8 Å². The van der Waals surface area contributed by atoms with Crippen LogP contribution in [0, 0.1) is 0 Å². The second kappa shape index (κ2) is 5.15. The van der Waals surface area contributed by atoms with Gasteiger partial charge in [0.05, 0.1) is 19.6 Å². The van der Waals surface area contributed by atoms with E-state index in [1.165, 1.54) is 7.11 Å². The SMILES string of the molecule is CNc1nc(NCc2ccoc2)nc(OC)n1. The highest BCUT2D eigenvalue weighted by molar-refractivity contribution is 5.35. The zero-order valence-electron chi connectivity index (χ0n) is 9.60. The Hall–Kier alpha value is -2.31. The molecule has 7 heteroatoms. The van der Waals surface area contributed by atoms with Crippen LogP contribution >= 0.6 is 0 Å². The molecular weight excluding hydrogens is 222 g/mol. The smallest absolute Gasteiger partial charge is 0.322 e. The molecule has 7 nitrogen and oxygen atoms in total. The van der Waals surface area contributed by atoms with Crippen molar-refractivity contribution in [3.8, 4) is 6.01 Å². The van der Waals surface area contributed by atoms with Gasteiger partial charge in [0.1, 0.15) is 0 Å². The molecule has 0 aliphatic carbocycles. The minimum absolute atomic E-state index is 0.263. The number of methoxy groups -OCH3 is 1. The van der Waals surface area contributed by atoms with Gasteiger partial charge in [0.15, 0.2) is 0 Å². The normalized spacial score (nSPS) is 10.0. The third kappa shape index (κ3) is 2.83. The fourth-order valence-corrected chi connectivity index (χ4v) is 1.21. The zero-order chi connectivity index (χ0) is 12.1. The van der Waals surface area contributed by atoms with Crippen molar-refractivity contribution in [3.05, 3.63) is 24.2 Å². The summed E-state index contributed by atoms with van der Waals surface area (Å²) < 4.78 is 9.94. The predicted octanol–water partition coefficient (Wildman–Crippen LogP) is 1.13. The van der Waals surface area contributed by atoms with Gasteiger partial charge in [0, 0.05) is 19.2 Å². The van der Waals surface area contributed by atoms with Crippen LogP contribution in [0.5, 0.6) is 6.01 Å². The first-order chi connectivity index (χ1) is 8.31. The minimum Gasteiger partial charge on any atom is -0.472 e. The highest BCUT2D eigenvalue weighted by Crippen LogP contribution is 2.11. The number of hydrogen-bond acceptors (Lipinski definition) is 7. The van der Waals surface area contributed by atoms with Gasteiger partial charge in [-0.25, -0.2) is 0 Å². The average molecular weight is 235 g/mol. The van der Waals surface area contributed by atoms with Crippen LogP contribution in [0.1, 0.15) is 5.56 Å². The van der Waals surface area contributed by atoms with Crippen LogP contribution in [0.4, 0.5) is 11.9 Å². The summed E-state index contributed by atoms with van der Waals surface area (Å²) in [5.74, 6) is 0.897. The van der Waals surface area contributed by atoms with Crippen molar-refractivity contribution in [1.29, 1.82) is 0 Å². The topological polar surface area (TPSA) is 85.1 Å². The lowest BCUT2D eigenvalue weighted by molar-refractivity contribution is 0.379. The second-order valence-corrected chi connectivity index (χ2v) is 3.20. The molecule has 17 heavy (non-hydrogen) atoms. The zero-order valence-corrected chi connectivity index (χ0v) is 9.60. The molecule has 0 aromatic carbocycles. The highest BCUT2D eigenvalue weighted by atomic mass is 16.5. The van der Waals surface area contributed by atoms with E-state index < -0.39 is 0 Å². The molecule has 0 unspecified atom stereocenters. The first-order valence-corrected chi connectivity index (χ1v) is 5.04. The monoisotopic (exact) mass is 235 g/mol. The fourth-order valence-electron chi connectivity index (χ4n) is 1.21. The minimum atomic E-state index is 0.263. The number of ether oxygens (including phenoxy) is 1.